The van der Waals surface area contributed by atoms with Crippen LogP contribution in [0.5, 0.6) is 0 Å². The summed E-state index contributed by atoms with van der Waals surface area (Å²) in [5.74, 6) is -0.468. The maximum Gasteiger partial charge on any atom is 0.287 e. The Labute approximate surface area is 114 Å². The lowest BCUT2D eigenvalue weighted by Gasteiger charge is -2.04. The van der Waals surface area contributed by atoms with Crippen molar-refractivity contribution in [1.82, 2.24) is 15.3 Å². The third kappa shape index (κ3) is 2.38. The highest BCUT2D eigenvalue weighted by Crippen LogP contribution is 2.10. The number of para-hydroxylation sites is 2. The second-order valence-corrected chi connectivity index (χ2v) is 4.38. The second-order valence-electron chi connectivity index (χ2n) is 4.38. The number of benzene rings is 2. The first-order chi connectivity index (χ1) is 9.74. The molecule has 2 aromatic carbocycles. The Hall–Kier alpha value is -2.69. The Morgan fingerprint density at radius 1 is 1.15 bits per heavy atom. The summed E-state index contributed by atoms with van der Waals surface area (Å²) >= 11 is 0. The van der Waals surface area contributed by atoms with E-state index < -0.39 is 0 Å². The van der Waals surface area contributed by atoms with Gasteiger partial charge >= 0.3 is 0 Å². The molecule has 0 aliphatic heterocycles. The fraction of sp³-hybridized carbons (Fsp3) is 0.0667. The minimum atomic E-state index is -0.357. The van der Waals surface area contributed by atoms with Gasteiger partial charge in [0.15, 0.2) is 5.82 Å². The number of nitrogens with zero attached hydrogens (tertiary/aromatic N) is 1. The molecule has 4 nitrogen and oxygen atoms in total. The summed E-state index contributed by atoms with van der Waals surface area (Å²) in [5, 5.41) is 2.64. The number of hydrogen-bond donors (Lipinski definition) is 2. The van der Waals surface area contributed by atoms with E-state index in [1.807, 2.05) is 24.3 Å². The number of aromatic nitrogens is 2. The van der Waals surface area contributed by atoms with E-state index in [1.54, 1.807) is 18.2 Å². The third-order valence-electron chi connectivity index (χ3n) is 3.00. The van der Waals surface area contributed by atoms with E-state index in [0.717, 1.165) is 11.0 Å². The van der Waals surface area contributed by atoms with Crippen molar-refractivity contribution in [3.63, 3.8) is 0 Å². The quantitative estimate of drug-likeness (QED) is 0.768. The second kappa shape index (κ2) is 5.13. The van der Waals surface area contributed by atoms with E-state index >= 15 is 0 Å². The van der Waals surface area contributed by atoms with E-state index in [0.29, 0.717) is 5.56 Å². The maximum atomic E-state index is 13.4. The first-order valence-corrected chi connectivity index (χ1v) is 6.20. The molecule has 3 aromatic rings. The van der Waals surface area contributed by atoms with Crippen molar-refractivity contribution in [2.24, 2.45) is 0 Å². The summed E-state index contributed by atoms with van der Waals surface area (Å²) in [7, 11) is 0. The van der Waals surface area contributed by atoms with E-state index in [-0.39, 0.29) is 24.1 Å². The van der Waals surface area contributed by atoms with E-state index in [4.69, 9.17) is 0 Å². The Morgan fingerprint density at radius 3 is 2.70 bits per heavy atom. The lowest BCUT2D eigenvalue weighted by atomic mass is 10.2. The molecule has 20 heavy (non-hydrogen) atoms. The molecule has 0 fully saturated rings. The number of hydrogen-bond acceptors (Lipinski definition) is 2. The molecule has 0 saturated heterocycles. The highest BCUT2D eigenvalue weighted by molar-refractivity contribution is 5.94. The molecule has 0 aliphatic rings. The van der Waals surface area contributed by atoms with E-state index in [2.05, 4.69) is 15.3 Å². The van der Waals surface area contributed by atoms with Gasteiger partial charge in [-0.25, -0.2) is 9.37 Å². The van der Waals surface area contributed by atoms with Gasteiger partial charge in [0, 0.05) is 12.1 Å². The van der Waals surface area contributed by atoms with Gasteiger partial charge in [-0.15, -0.1) is 0 Å². The highest BCUT2D eigenvalue weighted by Gasteiger charge is 2.11. The molecular weight excluding hydrogens is 257 g/mol. The topological polar surface area (TPSA) is 57.8 Å². The molecule has 5 heteroatoms. The SMILES string of the molecule is O=C(NCc1ccccc1F)c1nc2ccccc2[nH]1. The maximum absolute atomic E-state index is 13.4. The number of nitrogens with one attached hydrogen (secondary N) is 2. The summed E-state index contributed by atoms with van der Waals surface area (Å²) in [5.41, 5.74) is 1.96. The van der Waals surface area contributed by atoms with E-state index in [9.17, 15) is 9.18 Å². The number of carbonyl (C=O) groups excluding carboxylic acids is 1. The van der Waals surface area contributed by atoms with Crippen LogP contribution in [0.4, 0.5) is 4.39 Å². The Morgan fingerprint density at radius 2 is 1.90 bits per heavy atom. The molecular formula is C15H12FN3O. The molecule has 0 spiro atoms. The molecule has 100 valence electrons. The number of aromatic amines is 1. The number of imidazole rings is 1. The number of fused-ring (bicyclic) bond motifs is 1. The summed E-state index contributed by atoms with van der Waals surface area (Å²) in [6.45, 7) is 0.128. The van der Waals surface area contributed by atoms with Crippen LogP contribution in [0.1, 0.15) is 16.2 Å². The van der Waals surface area contributed by atoms with Gasteiger partial charge in [-0.3, -0.25) is 4.79 Å². The van der Waals surface area contributed by atoms with Crippen molar-refractivity contribution in [3.05, 3.63) is 65.7 Å². The highest BCUT2D eigenvalue weighted by atomic mass is 19.1. The number of halogens is 1. The van der Waals surface area contributed by atoms with Crippen molar-refractivity contribution in [1.29, 1.82) is 0 Å². The average Bonchev–Trinajstić information content (AvgIpc) is 2.90. The number of rotatable bonds is 3. The molecule has 0 atom stereocenters. The van der Waals surface area contributed by atoms with Crippen LogP contribution in [-0.4, -0.2) is 15.9 Å². The number of amides is 1. The summed E-state index contributed by atoms with van der Waals surface area (Å²) in [6.07, 6.45) is 0. The standard InChI is InChI=1S/C15H12FN3O/c16-11-6-2-1-5-10(11)9-17-15(20)14-18-12-7-3-4-8-13(12)19-14/h1-8H,9H2,(H,17,20)(H,18,19). The molecule has 0 aliphatic carbocycles. The van der Waals surface area contributed by atoms with Gasteiger partial charge in [0.05, 0.1) is 11.0 Å². The van der Waals surface area contributed by atoms with Crippen LogP contribution < -0.4 is 5.32 Å². The van der Waals surface area contributed by atoms with Crippen molar-refractivity contribution in [2.45, 2.75) is 6.54 Å². The number of carbonyl (C=O) groups is 1. The zero-order valence-electron chi connectivity index (χ0n) is 10.6. The van der Waals surface area contributed by atoms with Gasteiger partial charge in [0.25, 0.3) is 5.91 Å². The molecule has 0 saturated carbocycles. The van der Waals surface area contributed by atoms with Gasteiger partial charge in [-0.05, 0) is 18.2 Å². The van der Waals surface area contributed by atoms with Crippen LogP contribution in [0.3, 0.4) is 0 Å². The minimum Gasteiger partial charge on any atom is -0.345 e. The van der Waals surface area contributed by atoms with Crippen molar-refractivity contribution < 1.29 is 9.18 Å². The normalized spacial score (nSPS) is 10.7. The Kier molecular flexibility index (Phi) is 3.16. The molecule has 0 radical (unpaired) electrons. The molecule has 0 bridgehead atoms. The molecule has 1 heterocycles. The lowest BCUT2D eigenvalue weighted by molar-refractivity contribution is 0.0941. The third-order valence-corrected chi connectivity index (χ3v) is 3.00. The summed E-state index contributed by atoms with van der Waals surface area (Å²) in [6, 6.07) is 13.7. The van der Waals surface area contributed by atoms with Gasteiger partial charge in [-0.1, -0.05) is 30.3 Å². The number of H-pyrrole nitrogens is 1. The molecule has 1 amide bonds. The summed E-state index contributed by atoms with van der Waals surface area (Å²) < 4.78 is 13.4. The van der Waals surface area contributed by atoms with Crippen LogP contribution in [-0.2, 0) is 6.54 Å². The Balaban J connectivity index is 1.75. The predicted molar refractivity (Wildman–Crippen MR) is 73.7 cm³/mol. The smallest absolute Gasteiger partial charge is 0.287 e. The van der Waals surface area contributed by atoms with Crippen LogP contribution in [0, 0.1) is 5.82 Å². The molecule has 2 N–H and O–H groups in total. The van der Waals surface area contributed by atoms with Crippen LogP contribution in [0.25, 0.3) is 11.0 Å². The van der Waals surface area contributed by atoms with Crippen molar-refractivity contribution in [2.75, 3.05) is 0 Å². The molecule has 1 aromatic heterocycles. The summed E-state index contributed by atoms with van der Waals surface area (Å²) in [4.78, 5) is 19.1. The Bertz CT molecular complexity index is 733. The largest absolute Gasteiger partial charge is 0.345 e. The average molecular weight is 269 g/mol. The molecule has 3 rings (SSSR count). The van der Waals surface area contributed by atoms with E-state index in [1.165, 1.54) is 6.07 Å². The minimum absolute atomic E-state index is 0.128. The van der Waals surface area contributed by atoms with Gasteiger partial charge < -0.3 is 10.3 Å². The fourth-order valence-corrected chi connectivity index (χ4v) is 1.96. The van der Waals surface area contributed by atoms with Gasteiger partial charge in [0.1, 0.15) is 5.82 Å². The van der Waals surface area contributed by atoms with Gasteiger partial charge in [-0.2, -0.15) is 0 Å². The van der Waals surface area contributed by atoms with Crippen LogP contribution in [0.2, 0.25) is 0 Å². The monoisotopic (exact) mass is 269 g/mol. The van der Waals surface area contributed by atoms with Gasteiger partial charge in [0.2, 0.25) is 0 Å². The first-order valence-electron chi connectivity index (χ1n) is 6.20. The van der Waals surface area contributed by atoms with Crippen molar-refractivity contribution in [3.8, 4) is 0 Å². The first kappa shape index (κ1) is 12.3. The zero-order valence-corrected chi connectivity index (χ0v) is 10.6. The predicted octanol–water partition coefficient (Wildman–Crippen LogP) is 2.63. The zero-order chi connectivity index (χ0) is 13.9. The lowest BCUT2D eigenvalue weighted by Crippen LogP contribution is -2.24. The fourth-order valence-electron chi connectivity index (χ4n) is 1.96. The van der Waals surface area contributed by atoms with Crippen molar-refractivity contribution >= 4 is 16.9 Å². The van der Waals surface area contributed by atoms with Crippen LogP contribution in [0.15, 0.2) is 48.5 Å². The molecule has 0 unspecified atom stereocenters. The van der Waals surface area contributed by atoms with Crippen LogP contribution >= 0.6 is 0 Å².